The van der Waals surface area contributed by atoms with Crippen molar-refractivity contribution in [2.24, 2.45) is 0 Å². The molecule has 1 aliphatic heterocycles. The predicted octanol–water partition coefficient (Wildman–Crippen LogP) is 4.02. The molecule has 1 atom stereocenters. The van der Waals surface area contributed by atoms with Crippen LogP contribution in [0.2, 0.25) is 0 Å². The van der Waals surface area contributed by atoms with Crippen molar-refractivity contribution < 1.29 is 4.74 Å². The molecule has 3 rings (SSSR count). The molecule has 1 unspecified atom stereocenters. The predicted molar refractivity (Wildman–Crippen MR) is 87.0 cm³/mol. The van der Waals surface area contributed by atoms with Crippen molar-refractivity contribution in [3.05, 3.63) is 45.4 Å². The Balaban J connectivity index is 1.74. The summed E-state index contributed by atoms with van der Waals surface area (Å²) in [5, 5.41) is 4.62. The Morgan fingerprint density at radius 2 is 2.10 bits per heavy atom. The first kappa shape index (κ1) is 14.5. The number of fused-ring (bicyclic) bond motifs is 1. The first-order valence-corrected chi connectivity index (χ1v) is 8.20. The van der Waals surface area contributed by atoms with Crippen LogP contribution in [0.1, 0.15) is 48.0 Å². The molecule has 0 amide bonds. The number of thiazole rings is 1. The summed E-state index contributed by atoms with van der Waals surface area (Å²) in [4.78, 5) is 6.03. The van der Waals surface area contributed by atoms with Crippen molar-refractivity contribution in [3.8, 4) is 5.75 Å². The zero-order chi connectivity index (χ0) is 15.0. The highest BCUT2D eigenvalue weighted by molar-refractivity contribution is 7.11. The number of aromatic nitrogens is 1. The number of aryl methyl sites for hydroxylation is 1. The molecule has 21 heavy (non-hydrogen) atoms. The number of hydrogen-bond donors (Lipinski definition) is 1. The second-order valence-electron chi connectivity index (χ2n) is 6.58. The summed E-state index contributed by atoms with van der Waals surface area (Å²) in [6, 6.07) is 8.26. The van der Waals surface area contributed by atoms with Crippen LogP contribution in [0.15, 0.2) is 24.3 Å². The molecule has 3 nitrogen and oxygen atoms in total. The minimum absolute atomic E-state index is 0.0782. The van der Waals surface area contributed by atoms with Gasteiger partial charge in [-0.05, 0) is 39.3 Å². The van der Waals surface area contributed by atoms with Gasteiger partial charge in [0.05, 0.1) is 5.69 Å². The van der Waals surface area contributed by atoms with Crippen molar-refractivity contribution >= 4 is 11.3 Å². The summed E-state index contributed by atoms with van der Waals surface area (Å²) in [6.45, 7) is 9.50. The first-order valence-electron chi connectivity index (χ1n) is 7.38. The van der Waals surface area contributed by atoms with Gasteiger partial charge in [-0.15, -0.1) is 11.3 Å². The fraction of sp³-hybridized carbons (Fsp3) is 0.471. The van der Waals surface area contributed by atoms with Crippen LogP contribution in [0.5, 0.6) is 5.75 Å². The average Bonchev–Trinajstić information content (AvgIpc) is 2.98. The highest BCUT2D eigenvalue weighted by Crippen LogP contribution is 2.38. The molecule has 0 aliphatic carbocycles. The van der Waals surface area contributed by atoms with Gasteiger partial charge in [0.2, 0.25) is 0 Å². The normalized spacial score (nSPS) is 17.6. The second-order valence-corrected chi connectivity index (χ2v) is 7.70. The molecule has 1 aromatic heterocycles. The van der Waals surface area contributed by atoms with E-state index in [1.165, 1.54) is 10.4 Å². The minimum atomic E-state index is 0.0782. The van der Waals surface area contributed by atoms with Gasteiger partial charge in [0, 0.05) is 23.4 Å². The maximum absolute atomic E-state index is 6.03. The fourth-order valence-corrected chi connectivity index (χ4v) is 3.45. The second kappa shape index (κ2) is 5.43. The molecular formula is C17H22N2OS. The molecular weight excluding hydrogens is 280 g/mol. The summed E-state index contributed by atoms with van der Waals surface area (Å²) in [7, 11) is 0. The molecule has 1 aliphatic rings. The maximum atomic E-state index is 6.03. The zero-order valence-corrected chi connectivity index (χ0v) is 13.9. The summed E-state index contributed by atoms with van der Waals surface area (Å²) >= 11 is 1.77. The molecule has 4 heteroatoms. The molecule has 1 aromatic carbocycles. The van der Waals surface area contributed by atoms with E-state index in [1.807, 2.05) is 12.1 Å². The van der Waals surface area contributed by atoms with E-state index in [-0.39, 0.29) is 11.6 Å². The Morgan fingerprint density at radius 1 is 1.33 bits per heavy atom. The molecule has 2 heterocycles. The Labute approximate surface area is 130 Å². The third kappa shape index (κ3) is 3.27. The average molecular weight is 302 g/mol. The van der Waals surface area contributed by atoms with E-state index in [4.69, 9.17) is 9.72 Å². The van der Waals surface area contributed by atoms with Crippen LogP contribution < -0.4 is 10.1 Å². The molecule has 0 radical (unpaired) electrons. The first-order chi connectivity index (χ1) is 9.92. The lowest BCUT2D eigenvalue weighted by Crippen LogP contribution is -2.34. The van der Waals surface area contributed by atoms with Crippen LogP contribution in [0.25, 0.3) is 0 Å². The molecule has 0 fully saturated rings. The van der Waals surface area contributed by atoms with Gasteiger partial charge in [-0.3, -0.25) is 0 Å². The van der Waals surface area contributed by atoms with Crippen LogP contribution in [-0.2, 0) is 13.0 Å². The Morgan fingerprint density at radius 3 is 2.81 bits per heavy atom. The van der Waals surface area contributed by atoms with Gasteiger partial charge in [0.1, 0.15) is 10.8 Å². The van der Waals surface area contributed by atoms with Crippen LogP contribution in [0, 0.1) is 6.92 Å². The highest BCUT2D eigenvalue weighted by atomic mass is 32.1. The summed E-state index contributed by atoms with van der Waals surface area (Å²) in [6.07, 6.45) is 1.00. The Kier molecular flexibility index (Phi) is 3.76. The third-order valence-electron chi connectivity index (χ3n) is 3.61. The molecule has 0 spiro atoms. The van der Waals surface area contributed by atoms with Gasteiger partial charge in [0.25, 0.3) is 0 Å². The molecule has 112 valence electrons. The van der Waals surface area contributed by atoms with Crippen molar-refractivity contribution in [2.45, 2.75) is 52.3 Å². The Hall–Kier alpha value is -1.39. The molecule has 0 saturated carbocycles. The number of hydrogen-bond acceptors (Lipinski definition) is 4. The zero-order valence-electron chi connectivity index (χ0n) is 13.1. The van der Waals surface area contributed by atoms with Crippen molar-refractivity contribution in [3.63, 3.8) is 0 Å². The van der Waals surface area contributed by atoms with E-state index in [0.29, 0.717) is 0 Å². The van der Waals surface area contributed by atoms with Gasteiger partial charge < -0.3 is 10.1 Å². The standard InChI is InChI=1S/C17H22N2OS/c1-11-15(10-18-17(2,3)4)21-16(19-11)14-9-12-7-5-6-8-13(12)20-14/h5-8,14,18H,9-10H2,1-4H3. The van der Waals surface area contributed by atoms with Crippen molar-refractivity contribution in [2.75, 3.05) is 0 Å². The summed E-state index contributed by atoms with van der Waals surface area (Å²) in [5.41, 5.74) is 2.52. The lowest BCUT2D eigenvalue weighted by Gasteiger charge is -2.19. The van der Waals surface area contributed by atoms with Crippen LogP contribution in [-0.4, -0.2) is 10.5 Å². The van der Waals surface area contributed by atoms with Crippen LogP contribution in [0.4, 0.5) is 0 Å². The monoisotopic (exact) mass is 302 g/mol. The largest absolute Gasteiger partial charge is 0.483 e. The van der Waals surface area contributed by atoms with E-state index in [9.17, 15) is 0 Å². The third-order valence-corrected chi connectivity index (χ3v) is 4.86. The van der Waals surface area contributed by atoms with E-state index < -0.39 is 0 Å². The van der Waals surface area contributed by atoms with E-state index in [2.05, 4.69) is 45.1 Å². The quantitative estimate of drug-likeness (QED) is 0.930. The van der Waals surface area contributed by atoms with Crippen LogP contribution >= 0.6 is 11.3 Å². The van der Waals surface area contributed by atoms with Crippen LogP contribution in [0.3, 0.4) is 0 Å². The number of nitrogens with zero attached hydrogens (tertiary/aromatic N) is 1. The van der Waals surface area contributed by atoms with Crippen molar-refractivity contribution in [1.29, 1.82) is 0 Å². The topological polar surface area (TPSA) is 34.1 Å². The van der Waals surface area contributed by atoms with Gasteiger partial charge in [-0.1, -0.05) is 18.2 Å². The minimum Gasteiger partial charge on any atom is -0.483 e. The van der Waals surface area contributed by atoms with Crippen molar-refractivity contribution in [1.82, 2.24) is 10.3 Å². The van der Waals surface area contributed by atoms with Gasteiger partial charge in [-0.25, -0.2) is 4.98 Å². The van der Waals surface area contributed by atoms with E-state index in [0.717, 1.165) is 29.4 Å². The molecule has 2 aromatic rings. The summed E-state index contributed by atoms with van der Waals surface area (Å²) < 4.78 is 6.03. The smallest absolute Gasteiger partial charge is 0.154 e. The number of nitrogens with one attached hydrogen (secondary N) is 1. The van der Waals surface area contributed by atoms with Gasteiger partial charge in [0.15, 0.2) is 6.10 Å². The highest BCUT2D eigenvalue weighted by Gasteiger charge is 2.27. The van der Waals surface area contributed by atoms with Gasteiger partial charge in [-0.2, -0.15) is 0 Å². The van der Waals surface area contributed by atoms with E-state index in [1.54, 1.807) is 11.3 Å². The number of para-hydroxylation sites is 1. The summed E-state index contributed by atoms with van der Waals surface area (Å²) in [5.74, 6) is 1.00. The lowest BCUT2D eigenvalue weighted by atomic mass is 10.1. The molecule has 0 bridgehead atoms. The van der Waals surface area contributed by atoms with Gasteiger partial charge >= 0.3 is 0 Å². The lowest BCUT2D eigenvalue weighted by molar-refractivity contribution is 0.238. The maximum Gasteiger partial charge on any atom is 0.154 e. The molecule has 0 saturated heterocycles. The number of ether oxygens (including phenoxy) is 1. The van der Waals surface area contributed by atoms with E-state index >= 15 is 0 Å². The number of rotatable bonds is 3. The molecule has 1 N–H and O–H groups in total. The number of benzene rings is 1. The SMILES string of the molecule is Cc1nc(C2Cc3ccccc3O2)sc1CNC(C)(C)C. The fourth-order valence-electron chi connectivity index (χ4n) is 2.42. The Bertz CT molecular complexity index is 617.